The highest BCUT2D eigenvalue weighted by Gasteiger charge is 2.44. The molecule has 0 N–H and O–H groups in total. The van der Waals surface area contributed by atoms with E-state index in [1.165, 1.54) is 11.3 Å². The van der Waals surface area contributed by atoms with Crippen molar-refractivity contribution in [1.29, 1.82) is 0 Å². The first-order valence-electron chi connectivity index (χ1n) is 10.7. The number of amides is 1. The number of aromatic nitrogens is 1. The van der Waals surface area contributed by atoms with Gasteiger partial charge < -0.3 is 0 Å². The van der Waals surface area contributed by atoms with Gasteiger partial charge in [0.15, 0.2) is 0 Å². The molecule has 1 fully saturated rings. The van der Waals surface area contributed by atoms with Crippen LogP contribution < -0.4 is 4.90 Å². The zero-order chi connectivity index (χ0) is 21.5. The molecule has 0 aliphatic carbocycles. The maximum absolute atomic E-state index is 13.2. The first-order valence-corrected chi connectivity index (χ1v) is 12.5. The first-order chi connectivity index (χ1) is 14.4. The molecule has 4 rings (SSSR count). The van der Waals surface area contributed by atoms with Gasteiger partial charge in [0.2, 0.25) is 0 Å². The number of benzene rings is 1. The predicted molar refractivity (Wildman–Crippen MR) is 129 cm³/mol. The van der Waals surface area contributed by atoms with Crippen molar-refractivity contribution in [2.24, 2.45) is 0 Å². The summed E-state index contributed by atoms with van der Waals surface area (Å²) >= 11 is 6.23. The molecule has 6 heteroatoms. The van der Waals surface area contributed by atoms with Crippen LogP contribution in [0.4, 0.5) is 5.69 Å². The van der Waals surface area contributed by atoms with Crippen molar-refractivity contribution >= 4 is 39.2 Å². The molecule has 1 aromatic carbocycles. The van der Waals surface area contributed by atoms with Gasteiger partial charge in [-0.2, -0.15) is 0 Å². The third-order valence-electron chi connectivity index (χ3n) is 6.46. The summed E-state index contributed by atoms with van der Waals surface area (Å²) in [5, 5.41) is 3.00. The third kappa shape index (κ3) is 3.72. The maximum atomic E-state index is 13.2. The smallest absolute Gasteiger partial charge is 0.259 e. The minimum absolute atomic E-state index is 0.0194. The molecule has 1 aromatic heterocycles. The van der Waals surface area contributed by atoms with Crippen LogP contribution in [0.25, 0.3) is 0 Å². The Labute approximate surface area is 187 Å². The second kappa shape index (κ2) is 8.45. The number of rotatable bonds is 4. The summed E-state index contributed by atoms with van der Waals surface area (Å²) in [7, 11) is 0.287. The van der Waals surface area contributed by atoms with Crippen molar-refractivity contribution in [3.05, 3.63) is 58.4 Å². The predicted octanol–water partition coefficient (Wildman–Crippen LogP) is 5.84. The van der Waals surface area contributed by atoms with Gasteiger partial charge in [-0.25, -0.2) is 0 Å². The summed E-state index contributed by atoms with van der Waals surface area (Å²) in [6.07, 6.45) is 6.06. The normalized spacial score (nSPS) is 20.6. The van der Waals surface area contributed by atoms with Crippen LogP contribution in [-0.2, 0) is 5.54 Å². The van der Waals surface area contributed by atoms with Crippen LogP contribution in [0.5, 0.6) is 0 Å². The van der Waals surface area contributed by atoms with Crippen molar-refractivity contribution in [2.75, 3.05) is 23.7 Å². The number of piperidine rings is 1. The molecule has 1 saturated heterocycles. The Balaban J connectivity index is 1.58. The van der Waals surface area contributed by atoms with Crippen LogP contribution in [0.15, 0.2) is 36.7 Å². The second-order valence-corrected chi connectivity index (χ2v) is 11.3. The van der Waals surface area contributed by atoms with Gasteiger partial charge in [-0.1, -0.05) is 23.9 Å². The molecule has 2 aromatic rings. The van der Waals surface area contributed by atoms with Crippen molar-refractivity contribution < 1.29 is 4.79 Å². The fourth-order valence-electron chi connectivity index (χ4n) is 4.86. The van der Waals surface area contributed by atoms with Crippen LogP contribution in [0.1, 0.15) is 67.9 Å². The number of nitrogens with zero attached hydrogens (tertiary/aromatic N) is 3. The fourth-order valence-corrected chi connectivity index (χ4v) is 6.70. The van der Waals surface area contributed by atoms with Gasteiger partial charge in [0.1, 0.15) is 0 Å². The lowest BCUT2D eigenvalue weighted by atomic mass is 9.90. The van der Waals surface area contributed by atoms with E-state index in [4.69, 9.17) is 11.6 Å². The van der Waals surface area contributed by atoms with Crippen LogP contribution in [0.2, 0.25) is 5.02 Å². The SMILES string of the molecule is C/C=S(\CC)N1CCC(c2cncc(N3C(=O)c4ccc(Cl)cc4C3(C)C)c2)CC1. The van der Waals surface area contributed by atoms with Crippen LogP contribution in [0, 0.1) is 0 Å². The van der Waals surface area contributed by atoms with Crippen LogP contribution in [-0.4, -0.2) is 39.4 Å². The molecule has 30 heavy (non-hydrogen) atoms. The lowest BCUT2D eigenvalue weighted by Crippen LogP contribution is -2.39. The number of hydrogen-bond donors (Lipinski definition) is 0. The van der Waals surface area contributed by atoms with E-state index in [1.54, 1.807) is 6.07 Å². The van der Waals surface area contributed by atoms with Crippen LogP contribution >= 0.6 is 22.3 Å². The Morgan fingerprint density at radius 2 is 1.97 bits per heavy atom. The Bertz CT molecular complexity index is 996. The highest BCUT2D eigenvalue weighted by molar-refractivity contribution is 8.12. The minimum Gasteiger partial charge on any atom is -0.297 e. The van der Waals surface area contributed by atoms with E-state index in [9.17, 15) is 4.79 Å². The summed E-state index contributed by atoms with van der Waals surface area (Å²) in [6, 6.07) is 7.71. The first kappa shape index (κ1) is 21.5. The molecule has 1 unspecified atom stereocenters. The lowest BCUT2D eigenvalue weighted by Gasteiger charge is -2.35. The van der Waals surface area contributed by atoms with Gasteiger partial charge in [-0.15, -0.1) is 10.7 Å². The summed E-state index contributed by atoms with van der Waals surface area (Å²) in [4.78, 5) is 19.7. The van der Waals surface area contributed by atoms with Crippen molar-refractivity contribution in [3.63, 3.8) is 0 Å². The Kier molecular flexibility index (Phi) is 6.06. The zero-order valence-corrected chi connectivity index (χ0v) is 19.8. The van der Waals surface area contributed by atoms with Gasteiger partial charge in [-0.3, -0.25) is 19.0 Å². The van der Waals surface area contributed by atoms with E-state index < -0.39 is 5.54 Å². The number of anilines is 1. The number of fused-ring (bicyclic) bond motifs is 1. The molecule has 4 nitrogen and oxygen atoms in total. The van der Waals surface area contributed by atoms with Crippen molar-refractivity contribution in [2.45, 2.75) is 52.0 Å². The topological polar surface area (TPSA) is 36.4 Å². The monoisotopic (exact) mass is 443 g/mol. The highest BCUT2D eigenvalue weighted by atomic mass is 35.5. The van der Waals surface area contributed by atoms with Gasteiger partial charge in [0.25, 0.3) is 5.91 Å². The largest absolute Gasteiger partial charge is 0.297 e. The highest BCUT2D eigenvalue weighted by Crippen LogP contribution is 2.43. The molecule has 0 bridgehead atoms. The van der Waals surface area contributed by atoms with Crippen LogP contribution in [0.3, 0.4) is 0 Å². The Morgan fingerprint density at radius 3 is 2.63 bits per heavy atom. The van der Waals surface area contributed by atoms with Gasteiger partial charge in [-0.05, 0) is 80.7 Å². The molecular formula is C24H30ClN3OS. The van der Waals surface area contributed by atoms with Gasteiger partial charge >= 0.3 is 0 Å². The van der Waals surface area contributed by atoms with Crippen molar-refractivity contribution in [3.8, 4) is 0 Å². The number of carbonyl (C=O) groups is 1. The number of hydrogen-bond acceptors (Lipinski definition) is 3. The summed E-state index contributed by atoms with van der Waals surface area (Å²) in [6.45, 7) is 10.8. The maximum Gasteiger partial charge on any atom is 0.259 e. The molecule has 0 spiro atoms. The average Bonchev–Trinajstić information content (AvgIpc) is 2.94. The van der Waals surface area contributed by atoms with Gasteiger partial charge in [0.05, 0.1) is 17.4 Å². The molecule has 0 saturated carbocycles. The van der Waals surface area contributed by atoms with E-state index in [2.05, 4.69) is 48.4 Å². The standard InChI is InChI=1S/C24H30ClN3OS/c1-5-30(6-2)27-11-9-17(10-12-27)18-13-20(16-26-15-18)28-23(29)21-8-7-19(25)14-22(21)24(28,3)4/h5,7-8,13-17H,6,9-12H2,1-4H3. The molecule has 3 heterocycles. The van der Waals surface area contributed by atoms with E-state index in [0.717, 1.165) is 42.7 Å². The zero-order valence-electron chi connectivity index (χ0n) is 18.2. The van der Waals surface area contributed by atoms with Crippen molar-refractivity contribution in [1.82, 2.24) is 9.29 Å². The molecule has 2 aliphatic rings. The second-order valence-electron chi connectivity index (χ2n) is 8.49. The molecule has 1 amide bonds. The molecule has 1 atom stereocenters. The number of halogens is 1. The lowest BCUT2D eigenvalue weighted by molar-refractivity contribution is 0.0982. The minimum atomic E-state index is -0.465. The molecule has 0 radical (unpaired) electrons. The third-order valence-corrected chi connectivity index (χ3v) is 8.86. The average molecular weight is 444 g/mol. The molecule has 2 aliphatic heterocycles. The fraction of sp³-hybridized carbons (Fsp3) is 0.458. The Morgan fingerprint density at radius 1 is 1.23 bits per heavy atom. The number of carbonyl (C=O) groups excluding carboxylic acids is 1. The van der Waals surface area contributed by atoms with Gasteiger partial charge in [0, 0.05) is 29.9 Å². The Hall–Kier alpha value is -1.69. The summed E-state index contributed by atoms with van der Waals surface area (Å²) < 4.78 is 2.61. The summed E-state index contributed by atoms with van der Waals surface area (Å²) in [5.41, 5.74) is 3.34. The quantitative estimate of drug-likeness (QED) is 0.557. The molecule has 160 valence electrons. The van der Waals surface area contributed by atoms with E-state index in [0.29, 0.717) is 10.9 Å². The molecular weight excluding hydrogens is 414 g/mol. The summed E-state index contributed by atoms with van der Waals surface area (Å²) in [5.74, 6) is 1.70. The van der Waals surface area contributed by atoms with E-state index in [1.807, 2.05) is 29.4 Å². The number of pyridine rings is 1. The van der Waals surface area contributed by atoms with E-state index >= 15 is 0 Å². The van der Waals surface area contributed by atoms with E-state index in [-0.39, 0.29) is 16.6 Å².